The number of benzene rings is 1. The molecule has 78 valence electrons. The van der Waals surface area contributed by atoms with E-state index in [2.05, 4.69) is 15.9 Å². The van der Waals surface area contributed by atoms with Gasteiger partial charge >= 0.3 is 5.97 Å². The van der Waals surface area contributed by atoms with Gasteiger partial charge in [0.1, 0.15) is 4.88 Å². The molecule has 2 nitrogen and oxygen atoms in total. The number of halogens is 1. The highest BCUT2D eigenvalue weighted by atomic mass is 79.9. The van der Waals surface area contributed by atoms with Gasteiger partial charge in [0.15, 0.2) is 0 Å². The number of carbonyl (C=O) groups is 1. The Bertz CT molecular complexity index is 531. The van der Waals surface area contributed by atoms with Crippen molar-refractivity contribution in [2.75, 3.05) is 7.11 Å². The molecule has 0 unspecified atom stereocenters. The van der Waals surface area contributed by atoms with Gasteiger partial charge in [-0.3, -0.25) is 0 Å². The predicted octanol–water partition coefficient (Wildman–Crippen LogP) is 3.76. The normalized spacial score (nSPS) is 10.6. The largest absolute Gasteiger partial charge is 0.465 e. The van der Waals surface area contributed by atoms with Crippen LogP contribution in [0.1, 0.15) is 15.2 Å². The Hall–Kier alpha value is -0.870. The molecule has 4 heteroatoms. The molecule has 2 aromatic rings. The van der Waals surface area contributed by atoms with Crippen LogP contribution in [0, 0.1) is 6.92 Å². The molecule has 0 bridgehead atoms. The van der Waals surface area contributed by atoms with Gasteiger partial charge in [0.05, 0.1) is 11.6 Å². The maximum atomic E-state index is 11.5. The standard InChI is InChI=1S/C11H9BrO2S/c1-6-4-3-5-7-8(6)9(12)10(15-7)11(13)14-2/h3-5H,1-2H3. The third-order valence-corrected chi connectivity index (χ3v) is 4.43. The van der Waals surface area contributed by atoms with Crippen molar-refractivity contribution in [1.82, 2.24) is 0 Å². The summed E-state index contributed by atoms with van der Waals surface area (Å²) in [6.45, 7) is 2.03. The first-order chi connectivity index (χ1) is 7.15. The number of methoxy groups -OCH3 is 1. The van der Waals surface area contributed by atoms with Crippen molar-refractivity contribution in [2.45, 2.75) is 6.92 Å². The fourth-order valence-electron chi connectivity index (χ4n) is 1.50. The van der Waals surface area contributed by atoms with Crippen LogP contribution >= 0.6 is 27.3 Å². The first-order valence-electron chi connectivity index (χ1n) is 4.41. The first-order valence-corrected chi connectivity index (χ1v) is 6.02. The highest BCUT2D eigenvalue weighted by molar-refractivity contribution is 9.10. The molecule has 0 aliphatic heterocycles. The first kappa shape index (κ1) is 10.6. The maximum Gasteiger partial charge on any atom is 0.349 e. The van der Waals surface area contributed by atoms with Crippen LogP contribution in [0.4, 0.5) is 0 Å². The average Bonchev–Trinajstić information content (AvgIpc) is 2.56. The summed E-state index contributed by atoms with van der Waals surface area (Å²) in [6.07, 6.45) is 0. The van der Waals surface area contributed by atoms with Crippen LogP contribution in [-0.4, -0.2) is 13.1 Å². The predicted molar refractivity (Wildman–Crippen MR) is 65.6 cm³/mol. The number of fused-ring (bicyclic) bond motifs is 1. The van der Waals surface area contributed by atoms with Crippen LogP contribution in [0.25, 0.3) is 10.1 Å². The topological polar surface area (TPSA) is 26.3 Å². The van der Waals surface area contributed by atoms with Gasteiger partial charge in [0.25, 0.3) is 0 Å². The van der Waals surface area contributed by atoms with E-state index in [1.807, 2.05) is 25.1 Å². The van der Waals surface area contributed by atoms with Gasteiger partial charge in [0, 0.05) is 10.1 Å². The summed E-state index contributed by atoms with van der Waals surface area (Å²) in [5, 5.41) is 1.10. The van der Waals surface area contributed by atoms with Gasteiger partial charge in [-0.2, -0.15) is 0 Å². The lowest BCUT2D eigenvalue weighted by atomic mass is 10.1. The maximum absolute atomic E-state index is 11.5. The Morgan fingerprint density at radius 2 is 2.20 bits per heavy atom. The summed E-state index contributed by atoms with van der Waals surface area (Å²) in [6, 6.07) is 6.02. The van der Waals surface area contributed by atoms with E-state index >= 15 is 0 Å². The van der Waals surface area contributed by atoms with Crippen LogP contribution in [-0.2, 0) is 4.74 Å². The monoisotopic (exact) mass is 284 g/mol. The Morgan fingerprint density at radius 1 is 1.47 bits per heavy atom. The molecule has 1 aromatic carbocycles. The van der Waals surface area contributed by atoms with Crippen molar-refractivity contribution in [1.29, 1.82) is 0 Å². The molecule has 0 spiro atoms. The number of hydrogen-bond donors (Lipinski definition) is 0. The van der Waals surface area contributed by atoms with Crippen molar-refractivity contribution in [3.05, 3.63) is 33.1 Å². The molecule has 15 heavy (non-hydrogen) atoms. The third kappa shape index (κ3) is 1.68. The summed E-state index contributed by atoms with van der Waals surface area (Å²) in [7, 11) is 1.39. The minimum absolute atomic E-state index is 0.289. The van der Waals surface area contributed by atoms with E-state index < -0.39 is 0 Å². The second-order valence-corrected chi connectivity index (χ2v) is 5.03. The van der Waals surface area contributed by atoms with Crippen LogP contribution < -0.4 is 0 Å². The van der Waals surface area contributed by atoms with Crippen molar-refractivity contribution in [2.24, 2.45) is 0 Å². The van der Waals surface area contributed by atoms with Gasteiger partial charge in [-0.15, -0.1) is 11.3 Å². The lowest BCUT2D eigenvalue weighted by Crippen LogP contribution is -1.98. The molecule has 1 heterocycles. The quantitative estimate of drug-likeness (QED) is 0.746. The smallest absolute Gasteiger partial charge is 0.349 e. The van der Waals surface area contributed by atoms with Crippen molar-refractivity contribution >= 4 is 43.3 Å². The van der Waals surface area contributed by atoms with Crippen LogP contribution in [0.15, 0.2) is 22.7 Å². The molecular weight excluding hydrogens is 276 g/mol. The molecule has 0 atom stereocenters. The molecule has 0 fully saturated rings. The summed E-state index contributed by atoms with van der Waals surface area (Å²) >= 11 is 4.90. The van der Waals surface area contributed by atoms with Gasteiger partial charge in [-0.25, -0.2) is 4.79 Å². The van der Waals surface area contributed by atoms with Crippen LogP contribution in [0.3, 0.4) is 0 Å². The Labute approximate surface area is 100.0 Å². The van der Waals surface area contributed by atoms with Crippen molar-refractivity contribution in [3.8, 4) is 0 Å². The number of thiophene rings is 1. The second-order valence-electron chi connectivity index (χ2n) is 3.18. The number of hydrogen-bond acceptors (Lipinski definition) is 3. The lowest BCUT2D eigenvalue weighted by molar-refractivity contribution is 0.0605. The number of ether oxygens (including phenoxy) is 1. The molecule has 0 aliphatic rings. The van der Waals surface area contributed by atoms with Gasteiger partial charge in [-0.1, -0.05) is 12.1 Å². The summed E-state index contributed by atoms with van der Waals surface area (Å²) in [5.74, 6) is -0.289. The highest BCUT2D eigenvalue weighted by Gasteiger charge is 2.17. The van der Waals surface area contributed by atoms with E-state index in [1.165, 1.54) is 18.4 Å². The van der Waals surface area contributed by atoms with Gasteiger partial charge in [0.2, 0.25) is 0 Å². The van der Waals surface area contributed by atoms with Gasteiger partial charge in [-0.05, 0) is 34.5 Å². The van der Waals surface area contributed by atoms with Gasteiger partial charge < -0.3 is 4.74 Å². The van der Waals surface area contributed by atoms with Crippen molar-refractivity contribution in [3.63, 3.8) is 0 Å². The van der Waals surface area contributed by atoms with Crippen LogP contribution in [0.5, 0.6) is 0 Å². The summed E-state index contributed by atoms with van der Waals surface area (Å²) < 4.78 is 6.67. The second kappa shape index (κ2) is 3.94. The zero-order valence-electron chi connectivity index (χ0n) is 8.33. The summed E-state index contributed by atoms with van der Waals surface area (Å²) in [4.78, 5) is 12.1. The zero-order valence-corrected chi connectivity index (χ0v) is 10.7. The molecule has 0 N–H and O–H groups in total. The average molecular weight is 285 g/mol. The Morgan fingerprint density at radius 3 is 2.80 bits per heavy atom. The highest BCUT2D eigenvalue weighted by Crippen LogP contribution is 2.37. The zero-order chi connectivity index (χ0) is 11.0. The molecule has 1 aromatic heterocycles. The van der Waals surface area contributed by atoms with E-state index in [-0.39, 0.29) is 5.97 Å². The number of esters is 1. The molecule has 0 saturated carbocycles. The molecule has 0 aliphatic carbocycles. The number of rotatable bonds is 1. The molecule has 0 radical (unpaired) electrons. The number of carbonyl (C=O) groups excluding carboxylic acids is 1. The fourth-order valence-corrected chi connectivity index (χ4v) is 3.65. The molecule has 0 saturated heterocycles. The van der Waals surface area contributed by atoms with E-state index in [0.717, 1.165) is 20.1 Å². The lowest BCUT2D eigenvalue weighted by Gasteiger charge is -1.96. The molecule has 0 amide bonds. The fraction of sp³-hybridized carbons (Fsp3) is 0.182. The Balaban J connectivity index is 2.75. The third-order valence-electron chi connectivity index (χ3n) is 2.24. The van der Waals surface area contributed by atoms with E-state index in [9.17, 15) is 4.79 Å². The van der Waals surface area contributed by atoms with Crippen LogP contribution in [0.2, 0.25) is 0 Å². The van der Waals surface area contributed by atoms with Crippen molar-refractivity contribution < 1.29 is 9.53 Å². The SMILES string of the molecule is COC(=O)c1sc2cccc(C)c2c1Br. The van der Waals surface area contributed by atoms with E-state index in [4.69, 9.17) is 4.74 Å². The number of aryl methyl sites for hydroxylation is 1. The van der Waals surface area contributed by atoms with E-state index in [1.54, 1.807) is 0 Å². The summed E-state index contributed by atoms with van der Waals surface area (Å²) in [5.41, 5.74) is 1.16. The molecular formula is C11H9BrO2S. The molecule has 2 rings (SSSR count). The Kier molecular flexibility index (Phi) is 2.80. The minimum Gasteiger partial charge on any atom is -0.465 e. The minimum atomic E-state index is -0.289. The van der Waals surface area contributed by atoms with E-state index in [0.29, 0.717) is 4.88 Å².